The lowest BCUT2D eigenvalue weighted by atomic mass is 10.1. The van der Waals surface area contributed by atoms with Crippen molar-refractivity contribution in [2.24, 2.45) is 5.73 Å². The average Bonchev–Trinajstić information content (AvgIpc) is 3.70. The van der Waals surface area contributed by atoms with Crippen LogP contribution in [-0.2, 0) is 19.1 Å². The van der Waals surface area contributed by atoms with Crippen LogP contribution in [0.5, 0.6) is 11.5 Å². The molecule has 0 bridgehead atoms. The Hall–Kier alpha value is -5.09. The number of benzene rings is 2. The van der Waals surface area contributed by atoms with Crippen LogP contribution < -0.4 is 26.4 Å². The van der Waals surface area contributed by atoms with Crippen molar-refractivity contribution in [3.8, 4) is 11.5 Å². The fourth-order valence-electron chi connectivity index (χ4n) is 4.89. The average molecular weight is 701 g/mol. The second kappa shape index (κ2) is 16.3. The number of para-hydroxylation sites is 1. The third-order valence-corrected chi connectivity index (χ3v) is 8.16. The van der Waals surface area contributed by atoms with Crippen LogP contribution in [0, 0.1) is 5.41 Å². The highest BCUT2D eigenvalue weighted by Gasteiger charge is 2.42. The van der Waals surface area contributed by atoms with E-state index in [2.05, 4.69) is 20.7 Å². The number of carbonyl (C=O) groups excluding carboxylic acids is 4. The number of carbonyl (C=O) groups is 4. The largest absolute Gasteiger partial charge is 0.457 e. The Kier molecular flexibility index (Phi) is 12.3. The van der Waals surface area contributed by atoms with Gasteiger partial charge < -0.3 is 40.8 Å². The third-order valence-electron chi connectivity index (χ3n) is 7.12. The Bertz CT molecular complexity index is 1630. The number of ether oxygens (including phenoxy) is 3. The first-order chi connectivity index (χ1) is 23.2. The van der Waals surface area contributed by atoms with E-state index in [4.69, 9.17) is 20.6 Å². The number of nitrogen functional groups attached to an aromatic ring is 1. The van der Waals surface area contributed by atoms with Gasteiger partial charge in [-0.25, -0.2) is 4.79 Å². The van der Waals surface area contributed by atoms with Gasteiger partial charge in [0.05, 0.1) is 18.7 Å². The van der Waals surface area contributed by atoms with Crippen LogP contribution >= 0.6 is 11.3 Å². The standard InChI is InChI=1S/C33H38F2N6O7S/c1-33(2,3)48-32(45)39-15-24(26-13-20(18-49-26)28(36)37)40-30(44)25-14-23(47-31(34)35)17-41(25)27(42)16-38-29(43)19-9-11-22(12-10-19)46-21-7-5-4-6-8-21/h4-13,18,23-25,31H,14-17H2,1-3H3,(H3,36,37)(H,38,43)(H,39,45)(H,40,44)/t23-,24?,25+/m1/s1. The van der Waals surface area contributed by atoms with Gasteiger partial charge in [0, 0.05) is 40.9 Å². The molecule has 1 unspecified atom stereocenters. The molecule has 2 aromatic carbocycles. The molecule has 1 aliphatic rings. The summed E-state index contributed by atoms with van der Waals surface area (Å²) in [6.07, 6.45) is -2.14. The molecule has 0 aliphatic carbocycles. The highest BCUT2D eigenvalue weighted by molar-refractivity contribution is 7.10. The second-order valence-corrected chi connectivity index (χ2v) is 13.0. The molecule has 1 aromatic heterocycles. The summed E-state index contributed by atoms with van der Waals surface area (Å²) in [5.74, 6) is -1.07. The van der Waals surface area contributed by atoms with Gasteiger partial charge in [-0.1, -0.05) is 18.2 Å². The van der Waals surface area contributed by atoms with Crippen LogP contribution in [0.15, 0.2) is 66.0 Å². The number of amides is 4. The Morgan fingerprint density at radius 1 is 1.02 bits per heavy atom. The van der Waals surface area contributed by atoms with E-state index < -0.39 is 60.8 Å². The van der Waals surface area contributed by atoms with Gasteiger partial charge in [0.15, 0.2) is 0 Å². The molecule has 1 aliphatic heterocycles. The SMILES string of the molecule is CC(C)(C)OC(=O)NCC(NC(=O)[C@@H]1C[C@@H](OC(F)F)CN1C(=O)CNC(=O)c1ccc(Oc2ccccc2)cc1)c1cc(C(=N)N)cs1. The first-order valence-electron chi connectivity index (χ1n) is 15.2. The Balaban J connectivity index is 1.43. The number of nitrogens with zero attached hydrogens (tertiary/aromatic N) is 1. The van der Waals surface area contributed by atoms with Gasteiger partial charge in [-0.05, 0) is 63.2 Å². The van der Waals surface area contributed by atoms with Crippen LogP contribution in [0.3, 0.4) is 0 Å². The fourth-order valence-corrected chi connectivity index (χ4v) is 5.85. The van der Waals surface area contributed by atoms with E-state index in [0.29, 0.717) is 21.9 Å². The van der Waals surface area contributed by atoms with E-state index >= 15 is 0 Å². The van der Waals surface area contributed by atoms with Crippen LogP contribution in [0.2, 0.25) is 0 Å². The Morgan fingerprint density at radius 3 is 2.31 bits per heavy atom. The van der Waals surface area contributed by atoms with Crippen LogP contribution in [0.1, 0.15) is 54.0 Å². The molecule has 6 N–H and O–H groups in total. The normalized spacial score (nSPS) is 16.5. The van der Waals surface area contributed by atoms with Gasteiger partial charge >= 0.3 is 12.7 Å². The second-order valence-electron chi connectivity index (χ2n) is 12.0. The first kappa shape index (κ1) is 36.7. The molecule has 0 radical (unpaired) electrons. The zero-order chi connectivity index (χ0) is 35.7. The number of nitrogens with one attached hydrogen (secondary N) is 4. The van der Waals surface area contributed by atoms with Crippen molar-refractivity contribution >= 4 is 41.0 Å². The molecule has 3 atom stereocenters. The van der Waals surface area contributed by atoms with Crippen LogP contribution in [0.25, 0.3) is 0 Å². The molecular weight excluding hydrogens is 662 g/mol. The minimum absolute atomic E-state index is 0.138. The van der Waals surface area contributed by atoms with Crippen molar-refractivity contribution in [1.29, 1.82) is 5.41 Å². The summed E-state index contributed by atoms with van der Waals surface area (Å²) in [6.45, 7) is 0.941. The summed E-state index contributed by atoms with van der Waals surface area (Å²) >= 11 is 1.17. The van der Waals surface area contributed by atoms with Crippen molar-refractivity contribution in [3.63, 3.8) is 0 Å². The summed E-state index contributed by atoms with van der Waals surface area (Å²) in [5.41, 5.74) is 5.46. The third kappa shape index (κ3) is 11.0. The lowest BCUT2D eigenvalue weighted by Gasteiger charge is -2.27. The Morgan fingerprint density at radius 2 is 1.69 bits per heavy atom. The molecule has 3 aromatic rings. The van der Waals surface area contributed by atoms with Crippen molar-refractivity contribution in [3.05, 3.63) is 82.0 Å². The van der Waals surface area contributed by atoms with Crippen LogP contribution in [-0.4, -0.2) is 78.5 Å². The van der Waals surface area contributed by atoms with E-state index in [9.17, 15) is 28.0 Å². The molecule has 49 heavy (non-hydrogen) atoms. The van der Waals surface area contributed by atoms with E-state index in [1.807, 2.05) is 18.2 Å². The molecule has 13 nitrogen and oxygen atoms in total. The predicted molar refractivity (Wildman–Crippen MR) is 177 cm³/mol. The number of likely N-dealkylation sites (tertiary alicyclic amines) is 1. The van der Waals surface area contributed by atoms with Gasteiger partial charge in [0.1, 0.15) is 29.0 Å². The van der Waals surface area contributed by atoms with E-state index in [0.717, 1.165) is 4.90 Å². The molecule has 1 saturated heterocycles. The molecule has 4 rings (SSSR count). The summed E-state index contributed by atoms with van der Waals surface area (Å²) in [4.78, 5) is 53.8. The number of halogens is 2. The monoisotopic (exact) mass is 700 g/mol. The van der Waals surface area contributed by atoms with Crippen LogP contribution in [0.4, 0.5) is 13.6 Å². The van der Waals surface area contributed by atoms with Gasteiger partial charge in [-0.15, -0.1) is 11.3 Å². The van der Waals surface area contributed by atoms with Crippen molar-refractivity contribution in [1.82, 2.24) is 20.9 Å². The zero-order valence-corrected chi connectivity index (χ0v) is 27.9. The minimum atomic E-state index is -3.14. The fraction of sp³-hybridized carbons (Fsp3) is 0.364. The molecule has 2 heterocycles. The molecule has 16 heteroatoms. The summed E-state index contributed by atoms with van der Waals surface area (Å²) in [5, 5.41) is 17.2. The topological polar surface area (TPSA) is 185 Å². The van der Waals surface area contributed by atoms with E-state index in [1.54, 1.807) is 56.5 Å². The molecule has 1 fully saturated rings. The lowest BCUT2D eigenvalue weighted by molar-refractivity contribution is -0.160. The molecule has 4 amide bonds. The Labute approximate surface area is 285 Å². The van der Waals surface area contributed by atoms with E-state index in [-0.39, 0.29) is 30.9 Å². The highest BCUT2D eigenvalue weighted by Crippen LogP contribution is 2.26. The van der Waals surface area contributed by atoms with Crippen molar-refractivity contribution in [2.75, 3.05) is 19.6 Å². The molecule has 0 saturated carbocycles. The van der Waals surface area contributed by atoms with Crippen molar-refractivity contribution in [2.45, 2.75) is 57.6 Å². The van der Waals surface area contributed by atoms with E-state index in [1.165, 1.54) is 23.5 Å². The smallest absolute Gasteiger partial charge is 0.407 e. The highest BCUT2D eigenvalue weighted by atomic mass is 32.1. The molecule has 0 spiro atoms. The summed E-state index contributed by atoms with van der Waals surface area (Å²) < 4.78 is 42.0. The van der Waals surface area contributed by atoms with Crippen molar-refractivity contribution < 1.29 is 42.2 Å². The molecule has 262 valence electrons. The summed E-state index contributed by atoms with van der Waals surface area (Å²) in [6, 6.07) is 14.8. The number of rotatable bonds is 13. The quantitative estimate of drug-likeness (QED) is 0.130. The van der Waals surface area contributed by atoms with Gasteiger partial charge in [-0.2, -0.15) is 8.78 Å². The molecular formula is C33H38F2N6O7S. The maximum atomic E-state index is 13.7. The lowest BCUT2D eigenvalue weighted by Crippen LogP contribution is -2.50. The predicted octanol–water partition coefficient (Wildman–Crippen LogP) is 4.15. The number of alkyl halides is 2. The van der Waals surface area contributed by atoms with Gasteiger partial charge in [0.25, 0.3) is 5.91 Å². The number of nitrogens with two attached hydrogens (primary N) is 1. The zero-order valence-electron chi connectivity index (χ0n) is 27.0. The first-order valence-corrected chi connectivity index (χ1v) is 16.1. The number of hydrogen-bond donors (Lipinski definition) is 5. The number of alkyl carbamates (subject to hydrolysis) is 1. The number of thiophene rings is 1. The van der Waals surface area contributed by atoms with Gasteiger partial charge in [0.2, 0.25) is 11.8 Å². The summed E-state index contributed by atoms with van der Waals surface area (Å²) in [7, 11) is 0. The minimum Gasteiger partial charge on any atom is -0.457 e. The maximum absolute atomic E-state index is 13.7. The number of hydrogen-bond acceptors (Lipinski definition) is 9. The van der Waals surface area contributed by atoms with Gasteiger partial charge in [-0.3, -0.25) is 19.8 Å². The number of amidine groups is 1. The maximum Gasteiger partial charge on any atom is 0.407 e.